The second kappa shape index (κ2) is 12.9. The molecule has 0 radical (unpaired) electrons. The van der Waals surface area contributed by atoms with Gasteiger partial charge in [-0.1, -0.05) is 23.2 Å². The number of benzene rings is 1. The van der Waals surface area contributed by atoms with Gasteiger partial charge in [0, 0.05) is 58.0 Å². The van der Waals surface area contributed by atoms with Crippen molar-refractivity contribution in [2.75, 3.05) is 64.5 Å². The first-order valence-electron chi connectivity index (χ1n) is 12.5. The van der Waals surface area contributed by atoms with Gasteiger partial charge in [-0.05, 0) is 44.0 Å². The minimum absolute atomic E-state index is 0.0907. The number of piperidine rings is 2. The number of rotatable bonds is 9. The van der Waals surface area contributed by atoms with E-state index in [1.165, 1.54) is 7.11 Å². The maximum absolute atomic E-state index is 12.9. The SMILES string of the molecule is COc1cc(N)c(Cl)cc1C(=O)NC1CCN(C2CCN(CCNc3ccc(Cl)nn3)CC2OC)CC1. The predicted molar refractivity (Wildman–Crippen MR) is 146 cm³/mol. The molecule has 12 heteroatoms. The number of halogens is 2. The molecule has 1 aromatic heterocycles. The number of nitrogens with two attached hydrogens (primary N) is 1. The Hall–Kier alpha value is -2.37. The molecule has 4 N–H and O–H groups in total. The molecule has 3 heterocycles. The van der Waals surface area contributed by atoms with Crippen LogP contribution in [-0.4, -0.2) is 97.6 Å². The van der Waals surface area contributed by atoms with E-state index in [1.54, 1.807) is 25.3 Å². The van der Waals surface area contributed by atoms with E-state index in [2.05, 4.69) is 30.6 Å². The fourth-order valence-corrected chi connectivity index (χ4v) is 5.39. The van der Waals surface area contributed by atoms with E-state index >= 15 is 0 Å². The molecule has 2 atom stereocenters. The van der Waals surface area contributed by atoms with Gasteiger partial charge in [0.25, 0.3) is 5.91 Å². The summed E-state index contributed by atoms with van der Waals surface area (Å²) in [6.07, 6.45) is 2.92. The number of aromatic nitrogens is 2. The zero-order valence-corrected chi connectivity index (χ0v) is 22.8. The van der Waals surface area contributed by atoms with Gasteiger partial charge in [0.05, 0.1) is 29.5 Å². The van der Waals surface area contributed by atoms with Crippen molar-refractivity contribution in [3.8, 4) is 5.75 Å². The van der Waals surface area contributed by atoms with Crippen molar-refractivity contribution in [1.82, 2.24) is 25.3 Å². The van der Waals surface area contributed by atoms with Crippen LogP contribution >= 0.6 is 23.2 Å². The quantitative estimate of drug-likeness (QED) is 0.404. The average molecular weight is 553 g/mol. The Kier molecular flexibility index (Phi) is 9.66. The summed E-state index contributed by atoms with van der Waals surface area (Å²) in [6.45, 7) is 5.37. The highest BCUT2D eigenvalue weighted by Crippen LogP contribution is 2.29. The lowest BCUT2D eigenvalue weighted by molar-refractivity contribution is -0.0437. The molecule has 10 nitrogen and oxygen atoms in total. The van der Waals surface area contributed by atoms with Crippen LogP contribution in [0.3, 0.4) is 0 Å². The molecule has 1 amide bonds. The van der Waals surface area contributed by atoms with Crippen LogP contribution in [-0.2, 0) is 4.74 Å². The Bertz CT molecular complexity index is 1050. The van der Waals surface area contributed by atoms with E-state index < -0.39 is 0 Å². The number of methoxy groups -OCH3 is 2. The second-order valence-electron chi connectivity index (χ2n) is 9.46. The first-order valence-corrected chi connectivity index (χ1v) is 13.3. The van der Waals surface area contributed by atoms with Gasteiger partial charge >= 0.3 is 0 Å². The summed E-state index contributed by atoms with van der Waals surface area (Å²) in [5.41, 5.74) is 6.63. The Morgan fingerprint density at radius 1 is 1.14 bits per heavy atom. The molecule has 37 heavy (non-hydrogen) atoms. The van der Waals surface area contributed by atoms with E-state index in [0.29, 0.717) is 33.2 Å². The van der Waals surface area contributed by atoms with Crippen molar-refractivity contribution in [3.05, 3.63) is 40.0 Å². The van der Waals surface area contributed by atoms with Crippen molar-refractivity contribution in [1.29, 1.82) is 0 Å². The molecule has 1 aromatic carbocycles. The Labute approximate surface area is 227 Å². The van der Waals surface area contributed by atoms with Crippen LogP contribution in [0, 0.1) is 0 Å². The summed E-state index contributed by atoms with van der Waals surface area (Å²) < 4.78 is 11.2. The molecule has 0 aliphatic carbocycles. The Balaban J connectivity index is 1.23. The summed E-state index contributed by atoms with van der Waals surface area (Å²) in [5.74, 6) is 0.941. The summed E-state index contributed by atoms with van der Waals surface area (Å²) in [6, 6.07) is 7.15. The maximum atomic E-state index is 12.9. The molecule has 0 spiro atoms. The Morgan fingerprint density at radius 3 is 2.59 bits per heavy atom. The number of nitrogen functional groups attached to an aromatic ring is 1. The number of anilines is 2. The molecule has 4 rings (SSSR count). The second-order valence-corrected chi connectivity index (χ2v) is 10.3. The van der Waals surface area contributed by atoms with Gasteiger partial charge in [0.2, 0.25) is 0 Å². The smallest absolute Gasteiger partial charge is 0.255 e. The normalized spacial score (nSPS) is 21.5. The highest BCUT2D eigenvalue weighted by atomic mass is 35.5. The van der Waals surface area contributed by atoms with Crippen LogP contribution < -0.4 is 21.1 Å². The third kappa shape index (κ3) is 7.14. The van der Waals surface area contributed by atoms with Crippen LogP contribution in [0.4, 0.5) is 11.5 Å². The molecule has 2 aliphatic heterocycles. The van der Waals surface area contributed by atoms with Crippen LogP contribution in [0.25, 0.3) is 0 Å². The topological polar surface area (TPSA) is 118 Å². The van der Waals surface area contributed by atoms with Gasteiger partial charge in [-0.15, -0.1) is 10.2 Å². The number of likely N-dealkylation sites (tertiary alicyclic amines) is 2. The third-order valence-corrected chi connectivity index (χ3v) is 7.70. The largest absolute Gasteiger partial charge is 0.496 e. The van der Waals surface area contributed by atoms with E-state index in [4.69, 9.17) is 38.4 Å². The van der Waals surface area contributed by atoms with Gasteiger partial charge < -0.3 is 25.8 Å². The van der Waals surface area contributed by atoms with Crippen molar-refractivity contribution in [2.45, 2.75) is 37.5 Å². The highest BCUT2D eigenvalue weighted by Gasteiger charge is 2.35. The molecule has 0 bridgehead atoms. The van der Waals surface area contributed by atoms with Crippen molar-refractivity contribution in [2.24, 2.45) is 0 Å². The van der Waals surface area contributed by atoms with Crippen LogP contribution in [0.1, 0.15) is 29.6 Å². The zero-order valence-electron chi connectivity index (χ0n) is 21.3. The first-order chi connectivity index (χ1) is 17.9. The van der Waals surface area contributed by atoms with E-state index in [1.807, 2.05) is 6.07 Å². The number of carbonyl (C=O) groups excluding carboxylic acids is 1. The lowest BCUT2D eigenvalue weighted by Gasteiger charge is -2.45. The highest BCUT2D eigenvalue weighted by molar-refractivity contribution is 6.33. The maximum Gasteiger partial charge on any atom is 0.255 e. The van der Waals surface area contributed by atoms with E-state index in [0.717, 1.165) is 64.3 Å². The number of nitrogens with zero attached hydrogens (tertiary/aromatic N) is 4. The van der Waals surface area contributed by atoms with Crippen LogP contribution in [0.15, 0.2) is 24.3 Å². The van der Waals surface area contributed by atoms with Gasteiger partial charge in [-0.3, -0.25) is 14.6 Å². The molecule has 2 unspecified atom stereocenters. The predicted octanol–water partition coefficient (Wildman–Crippen LogP) is 2.77. The molecule has 202 valence electrons. The minimum atomic E-state index is -0.196. The van der Waals surface area contributed by atoms with E-state index in [-0.39, 0.29) is 18.1 Å². The lowest BCUT2D eigenvalue weighted by atomic mass is 9.95. The number of hydrogen-bond donors (Lipinski definition) is 3. The average Bonchev–Trinajstić information content (AvgIpc) is 2.91. The van der Waals surface area contributed by atoms with Gasteiger partial charge in [0.1, 0.15) is 11.6 Å². The number of carbonyl (C=O) groups is 1. The number of nitrogens with one attached hydrogen (secondary N) is 2. The first kappa shape index (κ1) is 27.7. The number of ether oxygens (including phenoxy) is 2. The van der Waals surface area contributed by atoms with Crippen molar-refractivity contribution in [3.63, 3.8) is 0 Å². The monoisotopic (exact) mass is 551 g/mol. The molecular weight excluding hydrogens is 517 g/mol. The Morgan fingerprint density at radius 2 is 1.92 bits per heavy atom. The van der Waals surface area contributed by atoms with Crippen LogP contribution in [0.5, 0.6) is 5.75 Å². The van der Waals surface area contributed by atoms with Crippen LogP contribution in [0.2, 0.25) is 10.2 Å². The van der Waals surface area contributed by atoms with E-state index in [9.17, 15) is 4.79 Å². The van der Waals surface area contributed by atoms with Crippen molar-refractivity contribution < 1.29 is 14.3 Å². The summed E-state index contributed by atoms with van der Waals surface area (Å²) in [4.78, 5) is 17.8. The molecule has 0 saturated carbocycles. The van der Waals surface area contributed by atoms with Gasteiger partial charge in [-0.25, -0.2) is 0 Å². The van der Waals surface area contributed by atoms with Gasteiger partial charge in [0.15, 0.2) is 5.15 Å². The molecule has 2 aliphatic rings. The summed E-state index contributed by atoms with van der Waals surface area (Å²) in [5, 5.41) is 15.1. The minimum Gasteiger partial charge on any atom is -0.496 e. The van der Waals surface area contributed by atoms with Crippen molar-refractivity contribution >= 4 is 40.6 Å². The lowest BCUT2D eigenvalue weighted by Crippen LogP contribution is -2.58. The standard InChI is InChI=1S/C25H35Cl2N7O3/c1-36-21-14-19(28)18(26)13-17(21)25(35)30-16-5-10-34(11-6-16)20-7-9-33(15-22(20)37-2)12-8-29-24-4-3-23(27)31-32-24/h3-4,13-14,16,20,22H,5-12,15,28H2,1-2H3,(H,29,32)(H,30,35). The number of amides is 1. The summed E-state index contributed by atoms with van der Waals surface area (Å²) in [7, 11) is 3.31. The molecular formula is C25H35Cl2N7O3. The molecule has 2 fully saturated rings. The zero-order chi connectivity index (χ0) is 26.4. The van der Waals surface area contributed by atoms with Gasteiger partial charge in [-0.2, -0.15) is 0 Å². The fraction of sp³-hybridized carbons (Fsp3) is 0.560. The molecule has 2 saturated heterocycles. The molecule has 2 aromatic rings. The fourth-order valence-electron chi connectivity index (χ4n) is 5.13. The third-order valence-electron chi connectivity index (χ3n) is 7.17. The summed E-state index contributed by atoms with van der Waals surface area (Å²) >= 11 is 11.9. The number of hydrogen-bond acceptors (Lipinski definition) is 9.